The van der Waals surface area contributed by atoms with E-state index in [1.807, 2.05) is 24.3 Å². The molecule has 0 bridgehead atoms. The zero-order valence-corrected chi connectivity index (χ0v) is 16.4. The topological polar surface area (TPSA) is 104 Å². The number of unbranched alkanes of at least 4 members (excludes halogenated alkanes) is 2. The van der Waals surface area contributed by atoms with E-state index in [0.29, 0.717) is 5.56 Å². The number of anilines is 1. The van der Waals surface area contributed by atoms with Crippen LogP contribution in [0.2, 0.25) is 0 Å². The standard InChI is InChI=1S/C22H25N5O/c1-3-5-11-27(12-6-4-2)18-9-7-16(8-10-18)20-19(15-25)21(26-22(20)28)17(13-23)14-24/h7-10,19-20H,3-6,11-12H2,1-2H3,(H,26,28). The van der Waals surface area contributed by atoms with E-state index in [2.05, 4.69) is 30.1 Å². The van der Waals surface area contributed by atoms with Crippen molar-refractivity contribution in [3.05, 3.63) is 41.1 Å². The van der Waals surface area contributed by atoms with E-state index in [1.165, 1.54) is 0 Å². The van der Waals surface area contributed by atoms with Crippen LogP contribution in [0.4, 0.5) is 5.69 Å². The molecule has 144 valence electrons. The Morgan fingerprint density at radius 1 is 1.04 bits per heavy atom. The largest absolute Gasteiger partial charge is 0.372 e. The fourth-order valence-electron chi connectivity index (χ4n) is 3.41. The summed E-state index contributed by atoms with van der Waals surface area (Å²) >= 11 is 0. The highest BCUT2D eigenvalue weighted by Crippen LogP contribution is 2.36. The second-order valence-electron chi connectivity index (χ2n) is 6.87. The van der Waals surface area contributed by atoms with E-state index in [-0.39, 0.29) is 17.2 Å². The molecule has 2 unspecified atom stereocenters. The molecule has 1 heterocycles. The van der Waals surface area contributed by atoms with Crippen LogP contribution in [0.1, 0.15) is 51.0 Å². The first-order chi connectivity index (χ1) is 13.6. The van der Waals surface area contributed by atoms with Crippen molar-refractivity contribution in [1.29, 1.82) is 15.8 Å². The molecule has 0 radical (unpaired) electrons. The highest BCUT2D eigenvalue weighted by atomic mass is 16.2. The van der Waals surface area contributed by atoms with Crippen molar-refractivity contribution in [3.8, 4) is 18.2 Å². The number of hydrogen-bond acceptors (Lipinski definition) is 5. The number of nitrogens with one attached hydrogen (secondary N) is 1. The molecule has 0 aromatic heterocycles. The zero-order chi connectivity index (χ0) is 20.5. The lowest BCUT2D eigenvalue weighted by molar-refractivity contribution is -0.120. The Bertz CT molecular complexity index is 827. The Morgan fingerprint density at radius 3 is 2.07 bits per heavy atom. The molecule has 0 aliphatic carbocycles. The second kappa shape index (κ2) is 10.1. The van der Waals surface area contributed by atoms with Gasteiger partial charge in [0.2, 0.25) is 5.91 Å². The number of nitriles is 3. The van der Waals surface area contributed by atoms with Crippen LogP contribution in [0.25, 0.3) is 0 Å². The molecule has 1 fully saturated rings. The number of nitrogens with zero attached hydrogens (tertiary/aromatic N) is 4. The quantitative estimate of drug-likeness (QED) is 0.697. The van der Waals surface area contributed by atoms with Gasteiger partial charge in [0.05, 0.1) is 17.7 Å². The van der Waals surface area contributed by atoms with Gasteiger partial charge in [-0.2, -0.15) is 15.8 Å². The number of hydrogen-bond donors (Lipinski definition) is 1. The first kappa shape index (κ1) is 21.0. The Labute approximate surface area is 166 Å². The van der Waals surface area contributed by atoms with Gasteiger partial charge < -0.3 is 10.2 Å². The first-order valence-electron chi connectivity index (χ1n) is 9.70. The summed E-state index contributed by atoms with van der Waals surface area (Å²) in [5.74, 6) is -1.93. The van der Waals surface area contributed by atoms with Gasteiger partial charge in [-0.1, -0.05) is 38.8 Å². The number of benzene rings is 1. The summed E-state index contributed by atoms with van der Waals surface area (Å²) in [6, 6.07) is 13.3. The average Bonchev–Trinajstić information content (AvgIpc) is 3.05. The van der Waals surface area contributed by atoms with Crippen molar-refractivity contribution in [2.75, 3.05) is 18.0 Å². The summed E-state index contributed by atoms with van der Waals surface area (Å²) in [5, 5.41) is 30.3. The summed E-state index contributed by atoms with van der Waals surface area (Å²) in [4.78, 5) is 14.8. The number of carbonyl (C=O) groups is 1. The highest BCUT2D eigenvalue weighted by Gasteiger charge is 2.41. The minimum atomic E-state index is -0.857. The number of allylic oxidation sites excluding steroid dienone is 2. The second-order valence-corrected chi connectivity index (χ2v) is 6.87. The Morgan fingerprint density at radius 2 is 1.61 bits per heavy atom. The van der Waals surface area contributed by atoms with Crippen LogP contribution in [0.3, 0.4) is 0 Å². The maximum Gasteiger partial charge on any atom is 0.233 e. The van der Waals surface area contributed by atoms with Crippen LogP contribution in [0.15, 0.2) is 35.5 Å². The van der Waals surface area contributed by atoms with Crippen molar-refractivity contribution >= 4 is 11.6 Å². The minimum absolute atomic E-state index is 0.110. The molecule has 1 amide bonds. The minimum Gasteiger partial charge on any atom is -0.372 e. The van der Waals surface area contributed by atoms with Crippen LogP contribution in [0, 0.1) is 39.9 Å². The fraction of sp³-hybridized carbons (Fsp3) is 0.455. The Kier molecular flexibility index (Phi) is 7.61. The van der Waals surface area contributed by atoms with Gasteiger partial charge in [-0.3, -0.25) is 4.79 Å². The maximum absolute atomic E-state index is 12.5. The summed E-state index contributed by atoms with van der Waals surface area (Å²) in [7, 11) is 0. The molecule has 0 saturated carbocycles. The van der Waals surface area contributed by atoms with Crippen molar-refractivity contribution in [3.63, 3.8) is 0 Å². The van der Waals surface area contributed by atoms with Crippen molar-refractivity contribution in [2.45, 2.75) is 45.4 Å². The molecule has 1 saturated heterocycles. The molecule has 6 heteroatoms. The van der Waals surface area contributed by atoms with Gasteiger partial charge in [0.15, 0.2) is 0 Å². The summed E-state index contributed by atoms with van der Waals surface area (Å²) in [5.41, 5.74) is 1.70. The number of carbonyl (C=O) groups excluding carboxylic acids is 1. The summed E-state index contributed by atoms with van der Waals surface area (Å²) in [6.07, 6.45) is 4.49. The molecule has 6 nitrogen and oxygen atoms in total. The van der Waals surface area contributed by atoms with E-state index in [9.17, 15) is 10.1 Å². The Hall–Kier alpha value is -3.30. The van der Waals surface area contributed by atoms with Crippen molar-refractivity contribution in [2.24, 2.45) is 5.92 Å². The van der Waals surface area contributed by atoms with Gasteiger partial charge in [0, 0.05) is 18.8 Å². The van der Waals surface area contributed by atoms with Gasteiger partial charge in [0.25, 0.3) is 0 Å². The molecular weight excluding hydrogens is 350 g/mol. The van der Waals surface area contributed by atoms with Crippen LogP contribution < -0.4 is 10.2 Å². The van der Waals surface area contributed by atoms with Crippen LogP contribution in [-0.2, 0) is 4.79 Å². The highest BCUT2D eigenvalue weighted by molar-refractivity contribution is 5.90. The van der Waals surface area contributed by atoms with E-state index < -0.39 is 11.8 Å². The van der Waals surface area contributed by atoms with Crippen molar-refractivity contribution in [1.82, 2.24) is 5.32 Å². The molecule has 1 aliphatic rings. The Balaban J connectivity index is 2.30. The maximum atomic E-state index is 12.5. The lowest BCUT2D eigenvalue weighted by Crippen LogP contribution is -2.25. The molecular formula is C22H25N5O. The van der Waals surface area contributed by atoms with Gasteiger partial charge >= 0.3 is 0 Å². The van der Waals surface area contributed by atoms with Crippen LogP contribution in [0.5, 0.6) is 0 Å². The predicted octanol–water partition coefficient (Wildman–Crippen LogP) is 3.75. The molecule has 1 aromatic rings. The SMILES string of the molecule is CCCCN(CCCC)c1ccc(C2C(=O)NC(=C(C#N)C#N)C2C#N)cc1. The van der Waals surface area contributed by atoms with E-state index >= 15 is 0 Å². The normalized spacial score (nSPS) is 18.0. The molecule has 1 N–H and O–H groups in total. The molecule has 28 heavy (non-hydrogen) atoms. The average molecular weight is 375 g/mol. The van der Waals surface area contributed by atoms with E-state index in [4.69, 9.17) is 10.5 Å². The number of rotatable bonds is 8. The van der Waals surface area contributed by atoms with E-state index in [1.54, 1.807) is 12.1 Å². The first-order valence-corrected chi connectivity index (χ1v) is 9.70. The van der Waals surface area contributed by atoms with E-state index in [0.717, 1.165) is 44.5 Å². The van der Waals surface area contributed by atoms with Gasteiger partial charge in [-0.05, 0) is 30.5 Å². The van der Waals surface area contributed by atoms with Crippen LogP contribution in [-0.4, -0.2) is 19.0 Å². The van der Waals surface area contributed by atoms with Crippen molar-refractivity contribution < 1.29 is 4.79 Å². The zero-order valence-electron chi connectivity index (χ0n) is 16.4. The van der Waals surface area contributed by atoms with Crippen LogP contribution >= 0.6 is 0 Å². The fourth-order valence-corrected chi connectivity index (χ4v) is 3.41. The molecule has 1 aromatic carbocycles. The predicted molar refractivity (Wildman–Crippen MR) is 107 cm³/mol. The van der Waals surface area contributed by atoms with Gasteiger partial charge in [-0.25, -0.2) is 0 Å². The molecule has 1 aliphatic heterocycles. The van der Waals surface area contributed by atoms with Gasteiger partial charge in [-0.15, -0.1) is 0 Å². The molecule has 2 rings (SSSR count). The third-order valence-electron chi connectivity index (χ3n) is 5.00. The lowest BCUT2D eigenvalue weighted by Gasteiger charge is -2.25. The molecule has 2 atom stereocenters. The summed E-state index contributed by atoms with van der Waals surface area (Å²) < 4.78 is 0. The summed E-state index contributed by atoms with van der Waals surface area (Å²) in [6.45, 7) is 6.32. The lowest BCUT2D eigenvalue weighted by atomic mass is 9.86. The smallest absolute Gasteiger partial charge is 0.233 e. The third-order valence-corrected chi connectivity index (χ3v) is 5.00. The molecule has 0 spiro atoms. The third kappa shape index (κ3) is 4.51. The van der Waals surface area contributed by atoms with Gasteiger partial charge in [0.1, 0.15) is 23.6 Å². The monoisotopic (exact) mass is 375 g/mol. The number of amides is 1.